The molecule has 2 rings (SSSR count). The van der Waals surface area contributed by atoms with E-state index >= 15 is 0 Å². The summed E-state index contributed by atoms with van der Waals surface area (Å²) in [5, 5.41) is 5.87. The maximum atomic E-state index is 12.3. The highest BCUT2D eigenvalue weighted by molar-refractivity contribution is 6.35. The largest absolute Gasteiger partial charge is 0.495 e. The zero-order valence-corrected chi connectivity index (χ0v) is 14.3. The van der Waals surface area contributed by atoms with Gasteiger partial charge in [-0.25, -0.2) is 9.59 Å². The Balaban J connectivity index is 2.61. The van der Waals surface area contributed by atoms with Gasteiger partial charge in [-0.05, 0) is 26.0 Å². The topological polar surface area (TPSA) is 76.7 Å². The molecular weight excluding hydrogens is 343 g/mol. The second-order valence-corrected chi connectivity index (χ2v) is 5.64. The van der Waals surface area contributed by atoms with Crippen molar-refractivity contribution in [1.29, 1.82) is 0 Å². The number of benzene rings is 1. The maximum Gasteiger partial charge on any atom is 0.338 e. The first-order valence-electron chi connectivity index (χ1n) is 6.87. The van der Waals surface area contributed by atoms with Crippen molar-refractivity contribution in [2.24, 2.45) is 0 Å². The van der Waals surface area contributed by atoms with Gasteiger partial charge in [-0.15, -0.1) is 0 Å². The van der Waals surface area contributed by atoms with Crippen LogP contribution in [-0.4, -0.2) is 25.7 Å². The minimum Gasteiger partial charge on any atom is -0.495 e. The van der Waals surface area contributed by atoms with E-state index in [4.69, 9.17) is 32.7 Å². The lowest BCUT2D eigenvalue weighted by Crippen LogP contribution is -2.45. The van der Waals surface area contributed by atoms with Crippen LogP contribution < -0.4 is 15.4 Å². The van der Waals surface area contributed by atoms with E-state index in [0.717, 1.165) is 0 Å². The van der Waals surface area contributed by atoms with Crippen LogP contribution in [-0.2, 0) is 9.53 Å². The number of esters is 1. The summed E-state index contributed by atoms with van der Waals surface area (Å²) >= 11 is 12.2. The van der Waals surface area contributed by atoms with Gasteiger partial charge >= 0.3 is 12.0 Å². The van der Waals surface area contributed by atoms with E-state index < -0.39 is 18.0 Å². The van der Waals surface area contributed by atoms with E-state index in [0.29, 0.717) is 22.0 Å². The Morgan fingerprint density at radius 1 is 1.35 bits per heavy atom. The normalized spacial score (nSPS) is 17.4. The number of carbonyl (C=O) groups is 2. The number of carbonyl (C=O) groups excluding carboxylic acids is 2. The first-order valence-corrected chi connectivity index (χ1v) is 7.63. The quantitative estimate of drug-likeness (QED) is 0.810. The molecule has 1 atom stereocenters. The van der Waals surface area contributed by atoms with Crippen LogP contribution in [0.15, 0.2) is 23.4 Å². The lowest BCUT2D eigenvalue weighted by atomic mass is 9.94. The first kappa shape index (κ1) is 17.4. The molecule has 1 aromatic carbocycles. The summed E-state index contributed by atoms with van der Waals surface area (Å²) in [6, 6.07) is 1.89. The lowest BCUT2D eigenvalue weighted by molar-refractivity contribution is -0.139. The Morgan fingerprint density at radius 3 is 2.65 bits per heavy atom. The summed E-state index contributed by atoms with van der Waals surface area (Å²) in [4.78, 5) is 24.1. The highest BCUT2D eigenvalue weighted by Gasteiger charge is 2.34. The fourth-order valence-corrected chi connectivity index (χ4v) is 3.00. The minimum absolute atomic E-state index is 0.212. The summed E-state index contributed by atoms with van der Waals surface area (Å²) in [5.41, 5.74) is 1.14. The molecule has 23 heavy (non-hydrogen) atoms. The monoisotopic (exact) mass is 358 g/mol. The Labute approximate surface area is 143 Å². The highest BCUT2D eigenvalue weighted by atomic mass is 35.5. The third-order valence-corrected chi connectivity index (χ3v) is 3.82. The second-order valence-electron chi connectivity index (χ2n) is 4.80. The molecule has 0 saturated carbocycles. The molecule has 1 heterocycles. The summed E-state index contributed by atoms with van der Waals surface area (Å²) < 4.78 is 10.4. The van der Waals surface area contributed by atoms with Gasteiger partial charge in [0.15, 0.2) is 0 Å². The number of hydrogen-bond donors (Lipinski definition) is 2. The van der Waals surface area contributed by atoms with Crippen LogP contribution in [0.1, 0.15) is 25.5 Å². The van der Waals surface area contributed by atoms with Crippen LogP contribution in [0.3, 0.4) is 0 Å². The summed E-state index contributed by atoms with van der Waals surface area (Å²) in [6.45, 7) is 3.54. The maximum absolute atomic E-state index is 12.3. The molecule has 2 amide bonds. The summed E-state index contributed by atoms with van der Waals surface area (Å²) in [7, 11) is 1.45. The molecule has 0 saturated heterocycles. The van der Waals surface area contributed by atoms with Gasteiger partial charge in [0.05, 0.1) is 30.4 Å². The van der Waals surface area contributed by atoms with Crippen LogP contribution in [0.2, 0.25) is 10.0 Å². The molecule has 1 aliphatic heterocycles. The van der Waals surface area contributed by atoms with E-state index in [9.17, 15) is 9.59 Å². The molecule has 0 bridgehead atoms. The van der Waals surface area contributed by atoms with Crippen LogP contribution >= 0.6 is 23.2 Å². The van der Waals surface area contributed by atoms with Gasteiger partial charge in [0.25, 0.3) is 0 Å². The zero-order chi connectivity index (χ0) is 17.1. The van der Waals surface area contributed by atoms with Gasteiger partial charge in [-0.1, -0.05) is 23.2 Å². The fourth-order valence-electron chi connectivity index (χ4n) is 2.42. The fraction of sp³-hybridized carbons (Fsp3) is 0.333. The van der Waals surface area contributed by atoms with Gasteiger partial charge in [0.1, 0.15) is 5.75 Å². The van der Waals surface area contributed by atoms with Crippen LogP contribution in [0, 0.1) is 0 Å². The predicted molar refractivity (Wildman–Crippen MR) is 86.8 cm³/mol. The molecule has 0 radical (unpaired) electrons. The Hall–Kier alpha value is -1.92. The molecule has 0 spiro atoms. The van der Waals surface area contributed by atoms with Crippen LogP contribution in [0.5, 0.6) is 5.75 Å². The molecule has 2 N–H and O–H groups in total. The van der Waals surface area contributed by atoms with E-state index in [2.05, 4.69) is 10.6 Å². The number of urea groups is 1. The minimum atomic E-state index is -0.783. The van der Waals surface area contributed by atoms with Gasteiger partial charge in [-0.2, -0.15) is 0 Å². The number of amides is 2. The van der Waals surface area contributed by atoms with Crippen LogP contribution in [0.25, 0.3) is 0 Å². The van der Waals surface area contributed by atoms with Gasteiger partial charge in [0, 0.05) is 16.3 Å². The van der Waals surface area contributed by atoms with E-state index in [1.807, 2.05) is 0 Å². The van der Waals surface area contributed by atoms with Crippen molar-refractivity contribution in [3.05, 3.63) is 39.0 Å². The Morgan fingerprint density at radius 2 is 2.04 bits per heavy atom. The molecule has 8 heteroatoms. The smallest absolute Gasteiger partial charge is 0.338 e. The summed E-state index contributed by atoms with van der Waals surface area (Å²) in [5.74, 6) is -0.210. The highest BCUT2D eigenvalue weighted by Crippen LogP contribution is 2.39. The molecule has 0 fully saturated rings. The molecule has 0 unspecified atom stereocenters. The van der Waals surface area contributed by atoms with Crippen molar-refractivity contribution in [1.82, 2.24) is 10.6 Å². The van der Waals surface area contributed by atoms with Crippen molar-refractivity contribution >= 4 is 35.2 Å². The molecule has 1 aromatic rings. The number of halogens is 2. The molecule has 124 valence electrons. The number of ether oxygens (including phenoxy) is 2. The number of rotatable bonds is 4. The number of nitrogens with one attached hydrogen (secondary N) is 2. The number of allylic oxidation sites excluding steroid dienone is 1. The van der Waals surface area contributed by atoms with Crippen LogP contribution in [0.4, 0.5) is 4.79 Å². The SMILES string of the molecule is CCOC(=O)C1=C(C)NC(=O)N[C@H]1c1cc(Cl)cc(Cl)c1OC. The third kappa shape index (κ3) is 3.54. The van der Waals surface area contributed by atoms with Crippen molar-refractivity contribution < 1.29 is 19.1 Å². The van der Waals surface area contributed by atoms with Crippen molar-refractivity contribution in [2.75, 3.05) is 13.7 Å². The predicted octanol–water partition coefficient (Wildman–Crippen LogP) is 3.19. The van der Waals surface area contributed by atoms with Crippen molar-refractivity contribution in [3.63, 3.8) is 0 Å². The molecule has 1 aliphatic rings. The van der Waals surface area contributed by atoms with Crippen molar-refractivity contribution in [3.8, 4) is 5.75 Å². The van der Waals surface area contributed by atoms with Crippen molar-refractivity contribution in [2.45, 2.75) is 19.9 Å². The average molecular weight is 359 g/mol. The van der Waals surface area contributed by atoms with Gasteiger partial charge in [-0.3, -0.25) is 0 Å². The summed E-state index contributed by atoms with van der Waals surface area (Å²) in [6.07, 6.45) is 0. The number of methoxy groups -OCH3 is 1. The zero-order valence-electron chi connectivity index (χ0n) is 12.8. The number of hydrogen-bond acceptors (Lipinski definition) is 4. The lowest BCUT2D eigenvalue weighted by Gasteiger charge is -2.29. The standard InChI is InChI=1S/C15H16Cl2N2O4/c1-4-23-14(20)11-7(2)18-15(21)19-12(11)9-5-8(16)6-10(17)13(9)22-3/h5-6,12H,4H2,1-3H3,(H2,18,19,21)/t12-/m0/s1. The molecule has 6 nitrogen and oxygen atoms in total. The third-order valence-electron chi connectivity index (χ3n) is 3.32. The second kappa shape index (κ2) is 7.10. The Kier molecular flexibility index (Phi) is 5.38. The molecule has 0 aliphatic carbocycles. The Bertz CT molecular complexity index is 688. The average Bonchev–Trinajstić information content (AvgIpc) is 2.45. The van der Waals surface area contributed by atoms with E-state index in [-0.39, 0.29) is 17.2 Å². The van der Waals surface area contributed by atoms with E-state index in [1.54, 1.807) is 19.9 Å². The first-order chi connectivity index (χ1) is 10.9. The van der Waals surface area contributed by atoms with E-state index in [1.165, 1.54) is 13.2 Å². The van der Waals surface area contributed by atoms with Gasteiger partial charge < -0.3 is 20.1 Å². The molecular formula is C15H16Cl2N2O4. The molecule has 0 aromatic heterocycles. The van der Waals surface area contributed by atoms with Gasteiger partial charge in [0.2, 0.25) is 0 Å².